The minimum absolute atomic E-state index is 0.0287. The lowest BCUT2D eigenvalue weighted by molar-refractivity contribution is -0.384. The second-order valence-electron chi connectivity index (χ2n) is 5.56. The van der Waals surface area contributed by atoms with Gasteiger partial charge in [-0.2, -0.15) is 5.10 Å². The van der Waals surface area contributed by atoms with Gasteiger partial charge in [0.25, 0.3) is 5.69 Å². The molecule has 3 rings (SSSR count). The molecular weight excluding hydrogens is 391 g/mol. The van der Waals surface area contributed by atoms with Gasteiger partial charge in [0.1, 0.15) is 23.0 Å². The number of hydrogen-bond donors (Lipinski definition) is 2. The van der Waals surface area contributed by atoms with Gasteiger partial charge >= 0.3 is 0 Å². The van der Waals surface area contributed by atoms with Crippen LogP contribution >= 0.6 is 0 Å². The zero-order valence-corrected chi connectivity index (χ0v) is 14.9. The Labute approximate surface area is 158 Å². The van der Waals surface area contributed by atoms with Gasteiger partial charge in [-0.15, -0.1) is 0 Å². The Morgan fingerprint density at radius 1 is 1.14 bits per heavy atom. The number of nitro benzene ring substituents is 1. The fourth-order valence-electron chi connectivity index (χ4n) is 2.29. The molecule has 0 saturated heterocycles. The Bertz CT molecular complexity index is 1160. The highest BCUT2D eigenvalue weighted by Gasteiger charge is 2.18. The summed E-state index contributed by atoms with van der Waals surface area (Å²) in [4.78, 5) is 10.0. The summed E-state index contributed by atoms with van der Waals surface area (Å²) in [5.74, 6) is 0.469. The van der Waals surface area contributed by atoms with Crippen LogP contribution in [0.15, 0.2) is 69.0 Å². The lowest BCUT2D eigenvalue weighted by atomic mass is 10.2. The molecule has 0 saturated carbocycles. The summed E-state index contributed by atoms with van der Waals surface area (Å²) in [5, 5.41) is 20.0. The number of halogens is 1. The van der Waals surface area contributed by atoms with Gasteiger partial charge in [-0.1, -0.05) is 0 Å². The Balaban J connectivity index is 1.78. The van der Waals surface area contributed by atoms with Crippen LogP contribution in [-0.4, -0.2) is 19.6 Å². The van der Waals surface area contributed by atoms with Crippen LogP contribution in [0.4, 0.5) is 15.8 Å². The van der Waals surface area contributed by atoms with Crippen LogP contribution in [-0.2, 0) is 10.0 Å². The van der Waals surface area contributed by atoms with Gasteiger partial charge in [0.2, 0.25) is 10.0 Å². The van der Waals surface area contributed by atoms with Crippen molar-refractivity contribution in [2.75, 3.05) is 5.43 Å². The largest absolute Gasteiger partial charge is 0.455 e. The van der Waals surface area contributed by atoms with Crippen molar-refractivity contribution in [2.24, 2.45) is 10.2 Å². The fourth-order valence-corrected chi connectivity index (χ4v) is 2.82. The van der Waals surface area contributed by atoms with Crippen LogP contribution in [0.1, 0.15) is 5.76 Å². The molecule has 0 aliphatic rings. The van der Waals surface area contributed by atoms with E-state index < -0.39 is 20.6 Å². The molecule has 0 spiro atoms. The van der Waals surface area contributed by atoms with E-state index in [9.17, 15) is 22.9 Å². The highest BCUT2D eigenvalue weighted by molar-refractivity contribution is 7.89. The molecule has 1 aromatic heterocycles. The molecule has 0 fully saturated rings. The normalized spacial score (nSPS) is 11.6. The first-order chi connectivity index (χ1) is 13.2. The molecule has 1 heterocycles. The average Bonchev–Trinajstić information content (AvgIpc) is 3.10. The van der Waals surface area contributed by atoms with E-state index in [-0.39, 0.29) is 16.4 Å². The number of sulfonamides is 1. The summed E-state index contributed by atoms with van der Waals surface area (Å²) < 4.78 is 41.2. The SMILES string of the molecule is NS(=O)(=O)c1ccc(N/N=C/c2ccc(-c3ccc(F)cc3)o2)c([N+](=O)[O-])c1. The Morgan fingerprint density at radius 3 is 2.50 bits per heavy atom. The van der Waals surface area contributed by atoms with Gasteiger partial charge in [0.05, 0.1) is 16.0 Å². The van der Waals surface area contributed by atoms with Crippen molar-refractivity contribution >= 4 is 27.6 Å². The standard InChI is InChI=1S/C17H13FN4O5S/c18-12-3-1-11(2-4-12)17-8-5-13(27-17)10-20-21-15-7-6-14(28(19,25)26)9-16(15)22(23)24/h1-10,21H,(H2,19,25,26)/b20-10+. The Morgan fingerprint density at radius 2 is 1.86 bits per heavy atom. The molecule has 2 aromatic carbocycles. The topological polar surface area (TPSA) is 141 Å². The summed E-state index contributed by atoms with van der Waals surface area (Å²) in [6.07, 6.45) is 1.28. The second-order valence-corrected chi connectivity index (χ2v) is 7.12. The molecule has 0 unspecified atom stereocenters. The minimum atomic E-state index is -4.07. The molecular formula is C17H13FN4O5S. The summed E-state index contributed by atoms with van der Waals surface area (Å²) in [5.41, 5.74) is 2.60. The maximum Gasteiger partial charge on any atom is 0.295 e. The smallest absolute Gasteiger partial charge is 0.295 e. The van der Waals surface area contributed by atoms with E-state index in [1.54, 1.807) is 24.3 Å². The van der Waals surface area contributed by atoms with E-state index in [0.29, 0.717) is 17.1 Å². The lowest BCUT2D eigenvalue weighted by Gasteiger charge is -2.04. The molecule has 0 amide bonds. The van der Waals surface area contributed by atoms with Gasteiger partial charge in [0.15, 0.2) is 0 Å². The van der Waals surface area contributed by atoms with E-state index >= 15 is 0 Å². The van der Waals surface area contributed by atoms with Crippen LogP contribution in [0, 0.1) is 15.9 Å². The number of furan rings is 1. The van der Waals surface area contributed by atoms with Crippen molar-refractivity contribution in [1.29, 1.82) is 0 Å². The van der Waals surface area contributed by atoms with Crippen LogP contribution in [0.3, 0.4) is 0 Å². The number of nitrogens with two attached hydrogens (primary N) is 1. The second kappa shape index (κ2) is 7.58. The molecule has 11 heteroatoms. The van der Waals surface area contributed by atoms with Crippen LogP contribution in [0.2, 0.25) is 0 Å². The minimum Gasteiger partial charge on any atom is -0.455 e. The quantitative estimate of drug-likeness (QED) is 0.367. The highest BCUT2D eigenvalue weighted by atomic mass is 32.2. The van der Waals surface area contributed by atoms with Crippen molar-refractivity contribution in [3.05, 3.63) is 76.3 Å². The van der Waals surface area contributed by atoms with Gasteiger partial charge in [0, 0.05) is 11.6 Å². The van der Waals surface area contributed by atoms with Crippen LogP contribution < -0.4 is 10.6 Å². The third-order valence-corrected chi connectivity index (χ3v) is 4.54. The van der Waals surface area contributed by atoms with Crippen LogP contribution in [0.25, 0.3) is 11.3 Å². The van der Waals surface area contributed by atoms with E-state index in [2.05, 4.69) is 10.5 Å². The first-order valence-electron chi connectivity index (χ1n) is 7.70. The molecule has 3 aromatic rings. The molecule has 0 radical (unpaired) electrons. The first kappa shape index (κ1) is 19.2. The van der Waals surface area contributed by atoms with Gasteiger partial charge in [-0.05, 0) is 48.5 Å². The van der Waals surface area contributed by atoms with Crippen molar-refractivity contribution < 1.29 is 22.1 Å². The zero-order chi connectivity index (χ0) is 20.3. The average molecular weight is 404 g/mol. The Hall–Kier alpha value is -3.57. The first-order valence-corrected chi connectivity index (χ1v) is 9.25. The molecule has 0 atom stereocenters. The monoisotopic (exact) mass is 404 g/mol. The van der Waals surface area contributed by atoms with E-state index in [1.165, 1.54) is 24.4 Å². The molecule has 0 aliphatic heterocycles. The molecule has 28 heavy (non-hydrogen) atoms. The summed E-state index contributed by atoms with van der Waals surface area (Å²) in [6, 6.07) is 12.1. The number of hydrogen-bond acceptors (Lipinski definition) is 7. The van der Waals surface area contributed by atoms with Crippen molar-refractivity contribution in [3.63, 3.8) is 0 Å². The van der Waals surface area contributed by atoms with Gasteiger partial charge in [-0.3, -0.25) is 15.5 Å². The van der Waals surface area contributed by atoms with Crippen LogP contribution in [0.5, 0.6) is 0 Å². The van der Waals surface area contributed by atoms with E-state index in [0.717, 1.165) is 12.1 Å². The van der Waals surface area contributed by atoms with Gasteiger partial charge in [-0.25, -0.2) is 17.9 Å². The van der Waals surface area contributed by atoms with Crippen molar-refractivity contribution in [2.45, 2.75) is 4.90 Å². The van der Waals surface area contributed by atoms with Crippen molar-refractivity contribution in [3.8, 4) is 11.3 Å². The van der Waals surface area contributed by atoms with Crippen molar-refractivity contribution in [1.82, 2.24) is 0 Å². The fraction of sp³-hybridized carbons (Fsp3) is 0. The molecule has 3 N–H and O–H groups in total. The number of nitrogens with zero attached hydrogens (tertiary/aromatic N) is 2. The van der Waals surface area contributed by atoms with E-state index in [1.807, 2.05) is 0 Å². The predicted molar refractivity (Wildman–Crippen MR) is 99.8 cm³/mol. The number of rotatable bonds is 6. The molecule has 0 bridgehead atoms. The number of anilines is 1. The number of primary sulfonamides is 1. The maximum atomic E-state index is 13.0. The zero-order valence-electron chi connectivity index (χ0n) is 14.1. The van der Waals surface area contributed by atoms with Gasteiger partial charge < -0.3 is 4.42 Å². The maximum absolute atomic E-state index is 13.0. The van der Waals surface area contributed by atoms with E-state index in [4.69, 9.17) is 9.56 Å². The number of hydrazone groups is 1. The predicted octanol–water partition coefficient (Wildman–Crippen LogP) is 3.09. The highest BCUT2D eigenvalue weighted by Crippen LogP contribution is 2.27. The number of benzene rings is 2. The molecule has 144 valence electrons. The number of nitro groups is 1. The molecule has 9 nitrogen and oxygen atoms in total. The summed E-state index contributed by atoms with van der Waals surface area (Å²) in [6.45, 7) is 0. The summed E-state index contributed by atoms with van der Waals surface area (Å²) in [7, 11) is -4.07. The summed E-state index contributed by atoms with van der Waals surface area (Å²) >= 11 is 0. The molecule has 0 aliphatic carbocycles. The lowest BCUT2D eigenvalue weighted by Crippen LogP contribution is -2.12. The third kappa shape index (κ3) is 4.39. The number of nitrogens with one attached hydrogen (secondary N) is 1. The Kier molecular flexibility index (Phi) is 5.20. The third-order valence-electron chi connectivity index (χ3n) is 3.63.